The van der Waals surface area contributed by atoms with Crippen LogP contribution in [0.15, 0.2) is 0 Å². The molecule has 0 fully saturated rings. The van der Waals surface area contributed by atoms with E-state index in [1.165, 1.54) is 11.8 Å². The largest absolute Gasteiger partial charge is 0.480 e. The fourth-order valence-electron chi connectivity index (χ4n) is 2.40. The van der Waals surface area contributed by atoms with E-state index in [0.717, 1.165) is 0 Å². The number of carboxylic acid groups (broad SMARTS) is 1. The number of aliphatic carboxylic acids is 1. The first-order chi connectivity index (χ1) is 14.0. The van der Waals surface area contributed by atoms with Crippen LogP contribution in [0.1, 0.15) is 39.5 Å². The van der Waals surface area contributed by atoms with Gasteiger partial charge in [-0.25, -0.2) is 0 Å². The monoisotopic (exact) mass is 447 g/mol. The van der Waals surface area contributed by atoms with Crippen LogP contribution in [-0.4, -0.2) is 71.4 Å². The van der Waals surface area contributed by atoms with Crippen molar-refractivity contribution in [3.05, 3.63) is 0 Å². The summed E-state index contributed by atoms with van der Waals surface area (Å²) in [6.07, 6.45) is 2.51. The lowest BCUT2D eigenvalue weighted by Gasteiger charge is -2.25. The number of rotatable bonds is 15. The Balaban J connectivity index is 5.30. The number of nitrogens with two attached hydrogens (primary N) is 2. The van der Waals surface area contributed by atoms with Gasteiger partial charge in [-0.3, -0.25) is 24.0 Å². The van der Waals surface area contributed by atoms with Crippen molar-refractivity contribution in [2.24, 2.45) is 17.4 Å². The lowest BCUT2D eigenvalue weighted by molar-refractivity contribution is -0.138. The van der Waals surface area contributed by atoms with Gasteiger partial charge in [-0.2, -0.15) is 11.8 Å². The van der Waals surface area contributed by atoms with Gasteiger partial charge in [-0.05, 0) is 30.8 Å². The van der Waals surface area contributed by atoms with Gasteiger partial charge in [-0.1, -0.05) is 20.3 Å². The molecule has 30 heavy (non-hydrogen) atoms. The summed E-state index contributed by atoms with van der Waals surface area (Å²) >= 11 is 1.45. The van der Waals surface area contributed by atoms with Crippen molar-refractivity contribution in [2.75, 3.05) is 18.6 Å². The summed E-state index contributed by atoms with van der Waals surface area (Å²) in [6, 6.07) is -2.96. The van der Waals surface area contributed by atoms with Gasteiger partial charge in [0, 0.05) is 6.42 Å². The number of hydrogen-bond donors (Lipinski definition) is 6. The predicted molar refractivity (Wildman–Crippen MR) is 113 cm³/mol. The highest BCUT2D eigenvalue weighted by molar-refractivity contribution is 7.98. The minimum atomic E-state index is -1.22. The third-order valence-corrected chi connectivity index (χ3v) is 5.17. The molecule has 0 saturated heterocycles. The molecule has 0 aromatic rings. The average Bonchev–Trinajstić information content (AvgIpc) is 2.70. The molecule has 0 spiro atoms. The number of carbonyl (C=O) groups is 5. The molecule has 0 bridgehead atoms. The summed E-state index contributed by atoms with van der Waals surface area (Å²) in [6.45, 7) is 3.09. The lowest BCUT2D eigenvalue weighted by atomic mass is 9.98. The highest BCUT2D eigenvalue weighted by Gasteiger charge is 2.29. The molecule has 0 heterocycles. The molecular weight excluding hydrogens is 414 g/mol. The number of hydrogen-bond acceptors (Lipinski definition) is 7. The van der Waals surface area contributed by atoms with E-state index in [2.05, 4.69) is 16.0 Å². The van der Waals surface area contributed by atoms with Gasteiger partial charge in [0.2, 0.25) is 23.6 Å². The molecule has 4 amide bonds. The predicted octanol–water partition coefficient (Wildman–Crippen LogP) is -1.45. The molecule has 0 aromatic heterocycles. The van der Waals surface area contributed by atoms with Crippen LogP contribution < -0.4 is 27.4 Å². The first kappa shape index (κ1) is 27.7. The Labute approximate surface area is 180 Å². The number of primary amides is 1. The maximum Gasteiger partial charge on any atom is 0.322 e. The fourth-order valence-corrected chi connectivity index (χ4v) is 2.87. The Morgan fingerprint density at radius 3 is 2.07 bits per heavy atom. The van der Waals surface area contributed by atoms with Crippen LogP contribution in [-0.2, 0) is 24.0 Å². The van der Waals surface area contributed by atoms with Crippen molar-refractivity contribution in [2.45, 2.75) is 57.7 Å². The maximum absolute atomic E-state index is 12.7. The van der Waals surface area contributed by atoms with Gasteiger partial charge < -0.3 is 32.5 Å². The van der Waals surface area contributed by atoms with Crippen LogP contribution >= 0.6 is 11.8 Å². The second-order valence-corrected chi connectivity index (χ2v) is 7.92. The quantitative estimate of drug-likeness (QED) is 0.175. The number of amides is 4. The van der Waals surface area contributed by atoms with Crippen molar-refractivity contribution >= 4 is 41.4 Å². The highest BCUT2D eigenvalue weighted by atomic mass is 32.2. The Hall–Kier alpha value is -2.34. The number of nitrogens with one attached hydrogen (secondary N) is 3. The van der Waals surface area contributed by atoms with Crippen LogP contribution in [0.4, 0.5) is 0 Å². The maximum atomic E-state index is 12.7. The van der Waals surface area contributed by atoms with Crippen molar-refractivity contribution in [1.29, 1.82) is 0 Å². The lowest BCUT2D eigenvalue weighted by Crippen LogP contribution is -2.57. The Bertz CT molecular complexity index is 618. The molecule has 0 rings (SSSR count). The molecule has 172 valence electrons. The third-order valence-electron chi connectivity index (χ3n) is 4.53. The SMILES string of the molecule is CCC(C)C(N)C(=O)NC(CCC(N)=O)C(=O)NC(CCSC)C(=O)NCC(=O)O. The molecule has 0 radical (unpaired) electrons. The van der Waals surface area contributed by atoms with Crippen LogP contribution in [0, 0.1) is 5.92 Å². The van der Waals surface area contributed by atoms with Crippen molar-refractivity contribution in [1.82, 2.24) is 16.0 Å². The number of carbonyl (C=O) groups excluding carboxylic acids is 4. The first-order valence-corrected chi connectivity index (χ1v) is 11.1. The minimum Gasteiger partial charge on any atom is -0.480 e. The van der Waals surface area contributed by atoms with Crippen LogP contribution in [0.2, 0.25) is 0 Å². The van der Waals surface area contributed by atoms with E-state index in [9.17, 15) is 24.0 Å². The number of thioether (sulfide) groups is 1. The highest BCUT2D eigenvalue weighted by Crippen LogP contribution is 2.08. The zero-order chi connectivity index (χ0) is 23.3. The van der Waals surface area contributed by atoms with E-state index in [-0.39, 0.29) is 25.2 Å². The summed E-state index contributed by atoms with van der Waals surface area (Å²) in [5.41, 5.74) is 11.1. The zero-order valence-electron chi connectivity index (χ0n) is 17.6. The topological polar surface area (TPSA) is 194 Å². The van der Waals surface area contributed by atoms with E-state index in [0.29, 0.717) is 12.2 Å². The van der Waals surface area contributed by atoms with Gasteiger partial charge in [0.25, 0.3) is 0 Å². The Morgan fingerprint density at radius 2 is 1.57 bits per heavy atom. The Kier molecular flexibility index (Phi) is 13.5. The smallest absolute Gasteiger partial charge is 0.322 e. The fraction of sp³-hybridized carbons (Fsp3) is 0.722. The van der Waals surface area contributed by atoms with Crippen LogP contribution in [0.3, 0.4) is 0 Å². The van der Waals surface area contributed by atoms with E-state index in [1.54, 1.807) is 6.92 Å². The van der Waals surface area contributed by atoms with E-state index in [4.69, 9.17) is 16.6 Å². The molecule has 8 N–H and O–H groups in total. The molecule has 0 aliphatic carbocycles. The van der Waals surface area contributed by atoms with Gasteiger partial charge in [0.05, 0.1) is 6.04 Å². The standard InChI is InChI=1S/C18H33N5O6S/c1-4-10(2)15(20)18(29)23-11(5-6-13(19)24)17(28)22-12(7-8-30-3)16(27)21-9-14(25)26/h10-12,15H,4-9,20H2,1-3H3,(H2,19,24)(H,21,27)(H,22,28)(H,23,29)(H,25,26). The Morgan fingerprint density at radius 1 is 1.00 bits per heavy atom. The molecule has 0 aliphatic heterocycles. The minimum absolute atomic E-state index is 0.0634. The average molecular weight is 448 g/mol. The van der Waals surface area contributed by atoms with Crippen molar-refractivity contribution < 1.29 is 29.1 Å². The molecule has 12 heteroatoms. The molecule has 4 atom stereocenters. The summed E-state index contributed by atoms with van der Waals surface area (Å²) in [5, 5.41) is 16.0. The van der Waals surface area contributed by atoms with Gasteiger partial charge in [0.1, 0.15) is 18.6 Å². The molecule has 0 saturated carbocycles. The molecule has 4 unspecified atom stereocenters. The van der Waals surface area contributed by atoms with Gasteiger partial charge >= 0.3 is 5.97 Å². The van der Waals surface area contributed by atoms with E-state index in [1.807, 2.05) is 13.2 Å². The molecule has 11 nitrogen and oxygen atoms in total. The summed E-state index contributed by atoms with van der Waals surface area (Å²) in [5.74, 6) is -3.35. The van der Waals surface area contributed by atoms with Gasteiger partial charge in [-0.15, -0.1) is 0 Å². The summed E-state index contributed by atoms with van der Waals surface area (Å²) < 4.78 is 0. The molecular formula is C18H33N5O6S. The molecule has 0 aliphatic rings. The van der Waals surface area contributed by atoms with Crippen LogP contribution in [0.25, 0.3) is 0 Å². The van der Waals surface area contributed by atoms with E-state index < -0.39 is 54.3 Å². The second kappa shape index (κ2) is 14.6. The second-order valence-electron chi connectivity index (χ2n) is 6.93. The first-order valence-electron chi connectivity index (χ1n) is 9.66. The zero-order valence-corrected chi connectivity index (χ0v) is 18.4. The number of carboxylic acids is 1. The van der Waals surface area contributed by atoms with Gasteiger partial charge in [0.15, 0.2) is 0 Å². The third kappa shape index (κ3) is 11.0. The summed E-state index contributed by atoms with van der Waals surface area (Å²) in [4.78, 5) is 59.2. The van der Waals surface area contributed by atoms with E-state index >= 15 is 0 Å². The molecule has 0 aromatic carbocycles. The van der Waals surface area contributed by atoms with Crippen molar-refractivity contribution in [3.8, 4) is 0 Å². The van der Waals surface area contributed by atoms with Crippen LogP contribution in [0.5, 0.6) is 0 Å². The summed E-state index contributed by atoms with van der Waals surface area (Å²) in [7, 11) is 0. The normalized spacial score (nSPS) is 14.7. The van der Waals surface area contributed by atoms with Crippen molar-refractivity contribution in [3.63, 3.8) is 0 Å².